The number of aliphatic imine (C=N–C) groups is 1. The molecule has 0 aliphatic heterocycles. The maximum absolute atomic E-state index is 14.0. The van der Waals surface area contributed by atoms with Crippen LogP contribution < -0.4 is 15.4 Å². The number of hydrogen-bond acceptors (Lipinski definition) is 4. The van der Waals surface area contributed by atoms with Crippen molar-refractivity contribution < 1.29 is 22.3 Å². The number of aromatic nitrogens is 1. The Morgan fingerprint density at radius 3 is 2.52 bits per heavy atom. The van der Waals surface area contributed by atoms with E-state index in [0.29, 0.717) is 24.1 Å². The number of rotatable bonds is 7. The molecule has 1 aromatic heterocycles. The molecule has 0 bridgehead atoms. The number of alkyl halides is 2. The van der Waals surface area contributed by atoms with Crippen LogP contribution in [0.25, 0.3) is 11.5 Å². The van der Waals surface area contributed by atoms with Gasteiger partial charge in [0, 0.05) is 24.7 Å². The van der Waals surface area contributed by atoms with E-state index in [0.717, 1.165) is 11.1 Å². The molecule has 0 aliphatic carbocycles. The molecule has 0 aliphatic rings. The van der Waals surface area contributed by atoms with E-state index in [9.17, 15) is 13.2 Å². The minimum atomic E-state index is -3.04. The zero-order valence-electron chi connectivity index (χ0n) is 16.9. The van der Waals surface area contributed by atoms with Gasteiger partial charge in [0.15, 0.2) is 5.96 Å². The molecular formula is C21H22F3IN4O2. The van der Waals surface area contributed by atoms with Gasteiger partial charge in [-0.25, -0.2) is 9.37 Å². The zero-order chi connectivity index (χ0) is 21.5. The van der Waals surface area contributed by atoms with E-state index in [-0.39, 0.29) is 41.8 Å². The maximum Gasteiger partial charge on any atom is 0.387 e. The predicted molar refractivity (Wildman–Crippen MR) is 122 cm³/mol. The third-order valence-corrected chi connectivity index (χ3v) is 4.24. The number of benzene rings is 2. The molecule has 0 spiro atoms. The molecule has 1 heterocycles. The smallest absolute Gasteiger partial charge is 0.387 e. The first-order chi connectivity index (χ1) is 14.5. The molecule has 0 fully saturated rings. The summed E-state index contributed by atoms with van der Waals surface area (Å²) in [4.78, 5) is 8.46. The molecule has 0 radical (unpaired) electrons. The van der Waals surface area contributed by atoms with Gasteiger partial charge in [0.2, 0.25) is 5.89 Å². The van der Waals surface area contributed by atoms with Gasteiger partial charge in [0.05, 0.1) is 12.2 Å². The second-order valence-electron chi connectivity index (χ2n) is 6.38. The lowest BCUT2D eigenvalue weighted by molar-refractivity contribution is -0.0506. The Morgan fingerprint density at radius 2 is 1.84 bits per heavy atom. The molecule has 0 saturated heterocycles. The van der Waals surface area contributed by atoms with Gasteiger partial charge in [-0.05, 0) is 31.2 Å². The first kappa shape index (κ1) is 24.5. The molecule has 0 unspecified atom stereocenters. The summed E-state index contributed by atoms with van der Waals surface area (Å²) >= 11 is 0. The molecule has 3 aromatic rings. The van der Waals surface area contributed by atoms with Crippen LogP contribution in [0.1, 0.15) is 16.8 Å². The lowest BCUT2D eigenvalue weighted by atomic mass is 10.1. The van der Waals surface area contributed by atoms with Crippen molar-refractivity contribution in [2.24, 2.45) is 4.99 Å². The van der Waals surface area contributed by atoms with Crippen molar-refractivity contribution in [3.8, 4) is 17.2 Å². The summed E-state index contributed by atoms with van der Waals surface area (Å²) in [6, 6.07) is 11.5. The number of guanidine groups is 1. The second kappa shape index (κ2) is 11.6. The van der Waals surface area contributed by atoms with Crippen LogP contribution in [0, 0.1) is 12.7 Å². The van der Waals surface area contributed by atoms with Crippen molar-refractivity contribution in [2.75, 3.05) is 7.05 Å². The standard InChI is InChI=1S/C21H21F3N4O2.HI/c1-13-6-8-14(9-7-13)19-28-15(12-29-19)10-26-21(25-2)27-11-16-17(22)4-3-5-18(16)30-20(23)24;/h3-9,12,20H,10-11H2,1-2H3,(H2,25,26,27);1H. The fourth-order valence-corrected chi connectivity index (χ4v) is 2.70. The monoisotopic (exact) mass is 546 g/mol. The van der Waals surface area contributed by atoms with Crippen LogP contribution in [-0.4, -0.2) is 24.6 Å². The Balaban J connectivity index is 0.00000341. The quantitative estimate of drug-likeness (QED) is 0.252. The summed E-state index contributed by atoms with van der Waals surface area (Å²) in [7, 11) is 1.54. The minimum Gasteiger partial charge on any atom is -0.444 e. The Hall–Kier alpha value is -2.76. The van der Waals surface area contributed by atoms with Crippen molar-refractivity contribution in [3.05, 3.63) is 71.4 Å². The van der Waals surface area contributed by atoms with E-state index in [1.807, 2.05) is 31.2 Å². The normalized spacial score (nSPS) is 11.2. The van der Waals surface area contributed by atoms with Crippen molar-refractivity contribution in [1.82, 2.24) is 15.6 Å². The van der Waals surface area contributed by atoms with Gasteiger partial charge in [0.25, 0.3) is 0 Å². The van der Waals surface area contributed by atoms with Crippen LogP contribution in [0.5, 0.6) is 5.75 Å². The Labute approximate surface area is 194 Å². The van der Waals surface area contributed by atoms with Crippen molar-refractivity contribution in [3.63, 3.8) is 0 Å². The average molecular weight is 546 g/mol. The highest BCUT2D eigenvalue weighted by atomic mass is 127. The lowest BCUT2D eigenvalue weighted by Gasteiger charge is -2.14. The van der Waals surface area contributed by atoms with E-state index < -0.39 is 12.4 Å². The van der Waals surface area contributed by atoms with Crippen LogP contribution in [0.3, 0.4) is 0 Å². The molecule has 2 N–H and O–H groups in total. The molecule has 3 rings (SSSR count). The lowest BCUT2D eigenvalue weighted by Crippen LogP contribution is -2.36. The molecule has 31 heavy (non-hydrogen) atoms. The largest absolute Gasteiger partial charge is 0.444 e. The van der Waals surface area contributed by atoms with Gasteiger partial charge in [-0.3, -0.25) is 4.99 Å². The Morgan fingerprint density at radius 1 is 1.13 bits per heavy atom. The highest BCUT2D eigenvalue weighted by Crippen LogP contribution is 2.23. The average Bonchev–Trinajstić information content (AvgIpc) is 3.19. The number of ether oxygens (including phenoxy) is 1. The van der Waals surface area contributed by atoms with Crippen molar-refractivity contribution in [2.45, 2.75) is 26.6 Å². The predicted octanol–water partition coefficient (Wildman–Crippen LogP) is 4.87. The van der Waals surface area contributed by atoms with Crippen molar-refractivity contribution >= 4 is 29.9 Å². The van der Waals surface area contributed by atoms with E-state index in [2.05, 4.69) is 25.3 Å². The highest BCUT2D eigenvalue weighted by Gasteiger charge is 2.14. The van der Waals surface area contributed by atoms with Crippen LogP contribution in [-0.2, 0) is 13.1 Å². The van der Waals surface area contributed by atoms with E-state index in [1.54, 1.807) is 0 Å². The second-order valence-corrected chi connectivity index (χ2v) is 6.38. The van der Waals surface area contributed by atoms with E-state index >= 15 is 0 Å². The third-order valence-electron chi connectivity index (χ3n) is 4.24. The van der Waals surface area contributed by atoms with Gasteiger partial charge in [-0.1, -0.05) is 23.8 Å². The van der Waals surface area contributed by atoms with Gasteiger partial charge < -0.3 is 19.8 Å². The summed E-state index contributed by atoms with van der Waals surface area (Å²) < 4.78 is 49.0. The summed E-state index contributed by atoms with van der Waals surface area (Å²) in [5.74, 6) is -0.0569. The number of nitrogens with zero attached hydrogens (tertiary/aromatic N) is 2. The Kier molecular flexibility index (Phi) is 9.16. The first-order valence-electron chi connectivity index (χ1n) is 9.14. The molecule has 0 saturated carbocycles. The van der Waals surface area contributed by atoms with E-state index in [1.165, 1.54) is 31.5 Å². The molecule has 166 valence electrons. The fraction of sp³-hybridized carbons (Fsp3) is 0.238. The van der Waals surface area contributed by atoms with Gasteiger partial charge in [-0.2, -0.15) is 8.78 Å². The molecule has 10 heteroatoms. The van der Waals surface area contributed by atoms with Crippen LogP contribution in [0.15, 0.2) is 58.1 Å². The van der Waals surface area contributed by atoms with Gasteiger partial charge >= 0.3 is 6.61 Å². The zero-order valence-corrected chi connectivity index (χ0v) is 19.2. The summed E-state index contributed by atoms with van der Waals surface area (Å²) in [5, 5.41) is 5.89. The molecule has 6 nitrogen and oxygen atoms in total. The summed E-state index contributed by atoms with van der Waals surface area (Å²) in [6.45, 7) is -0.844. The number of halogens is 4. The molecule has 0 atom stereocenters. The Bertz CT molecular complexity index is 1010. The first-order valence-corrected chi connectivity index (χ1v) is 9.14. The maximum atomic E-state index is 14.0. The third kappa shape index (κ3) is 6.88. The number of aryl methyl sites for hydroxylation is 1. The van der Waals surface area contributed by atoms with Crippen LogP contribution in [0.2, 0.25) is 0 Å². The molecular weight excluding hydrogens is 524 g/mol. The molecule has 0 amide bonds. The van der Waals surface area contributed by atoms with Gasteiger partial charge in [-0.15, -0.1) is 24.0 Å². The van der Waals surface area contributed by atoms with Gasteiger partial charge in [0.1, 0.15) is 17.8 Å². The topological polar surface area (TPSA) is 71.7 Å². The summed E-state index contributed by atoms with van der Waals surface area (Å²) in [6.07, 6.45) is 1.53. The number of hydrogen-bond donors (Lipinski definition) is 2. The number of nitrogens with one attached hydrogen (secondary N) is 2. The fourth-order valence-electron chi connectivity index (χ4n) is 2.70. The van der Waals surface area contributed by atoms with Crippen LogP contribution >= 0.6 is 24.0 Å². The van der Waals surface area contributed by atoms with E-state index in [4.69, 9.17) is 4.42 Å². The summed E-state index contributed by atoms with van der Waals surface area (Å²) in [5.41, 5.74) is 2.62. The number of oxazole rings is 1. The highest BCUT2D eigenvalue weighted by molar-refractivity contribution is 14.0. The van der Waals surface area contributed by atoms with Crippen LogP contribution in [0.4, 0.5) is 13.2 Å². The molecule has 2 aromatic carbocycles. The van der Waals surface area contributed by atoms with Crippen molar-refractivity contribution in [1.29, 1.82) is 0 Å². The SMILES string of the molecule is CN=C(NCc1coc(-c2ccc(C)cc2)n1)NCc1c(F)cccc1OC(F)F.I. The minimum absolute atomic E-state index is 0.